The molecule has 0 radical (unpaired) electrons. The number of allylic oxidation sites excluding steroid dienone is 1. The Morgan fingerprint density at radius 3 is 1.71 bits per heavy atom. The van der Waals surface area contributed by atoms with E-state index in [-0.39, 0.29) is 0 Å². The summed E-state index contributed by atoms with van der Waals surface area (Å²) in [5, 5.41) is 0. The fraction of sp³-hybridized carbons (Fsp3) is 0.231. The predicted molar refractivity (Wildman–Crippen MR) is 115 cm³/mol. The Morgan fingerprint density at radius 1 is 0.742 bits per heavy atom. The van der Waals surface area contributed by atoms with Gasteiger partial charge in [-0.15, -0.1) is 0 Å². The molecule has 0 bridgehead atoms. The van der Waals surface area contributed by atoms with E-state index < -0.39 is 23.8 Å². The van der Waals surface area contributed by atoms with Crippen LogP contribution < -0.4 is 4.74 Å². The molecule has 1 nitrogen and oxygen atoms in total. The zero-order chi connectivity index (χ0) is 22.2. The molecule has 0 aliphatic heterocycles. The van der Waals surface area contributed by atoms with E-state index in [4.69, 9.17) is 0 Å². The van der Waals surface area contributed by atoms with E-state index in [0.717, 1.165) is 29.5 Å². The second-order valence-corrected chi connectivity index (χ2v) is 7.31. The van der Waals surface area contributed by atoms with E-state index >= 15 is 0 Å². The van der Waals surface area contributed by atoms with Gasteiger partial charge < -0.3 is 4.74 Å². The van der Waals surface area contributed by atoms with Gasteiger partial charge in [0.2, 0.25) is 0 Å². The molecule has 31 heavy (non-hydrogen) atoms. The molecular formula is C26H24F4O. The first-order valence-electron chi connectivity index (χ1n) is 10.2. The van der Waals surface area contributed by atoms with E-state index in [0.29, 0.717) is 30.7 Å². The molecular weight excluding hydrogens is 404 g/mol. The molecule has 0 spiro atoms. The summed E-state index contributed by atoms with van der Waals surface area (Å²) in [5.41, 5.74) is 5.10. The second-order valence-electron chi connectivity index (χ2n) is 7.31. The lowest BCUT2D eigenvalue weighted by Gasteiger charge is -2.08. The molecule has 0 atom stereocenters. The van der Waals surface area contributed by atoms with E-state index in [1.807, 2.05) is 24.3 Å². The maximum Gasteiger partial charge on any atom is 0.260 e. The van der Waals surface area contributed by atoms with Crippen molar-refractivity contribution < 1.29 is 22.3 Å². The predicted octanol–water partition coefficient (Wildman–Crippen LogP) is 7.53. The summed E-state index contributed by atoms with van der Waals surface area (Å²) in [6.07, 6.45) is 1.48. The topological polar surface area (TPSA) is 9.23 Å². The molecule has 0 amide bonds. The normalized spacial score (nSPS) is 11.4. The van der Waals surface area contributed by atoms with E-state index in [2.05, 4.69) is 35.9 Å². The van der Waals surface area contributed by atoms with Gasteiger partial charge in [0, 0.05) is 6.08 Å². The van der Waals surface area contributed by atoms with Crippen LogP contribution in [-0.2, 0) is 19.3 Å². The summed E-state index contributed by atoms with van der Waals surface area (Å²) < 4.78 is 57.0. The number of aryl methyl sites for hydroxylation is 3. The minimum atomic E-state index is -2.75. The van der Waals surface area contributed by atoms with E-state index in [9.17, 15) is 17.6 Å². The maximum absolute atomic E-state index is 14.1. The number of alkyl halides is 2. The largest absolute Gasteiger partial charge is 0.459 e. The number of halogens is 4. The summed E-state index contributed by atoms with van der Waals surface area (Å²) >= 11 is 0. The van der Waals surface area contributed by atoms with Gasteiger partial charge in [-0.3, -0.25) is 0 Å². The Hall–Kier alpha value is -3.08. The first-order valence-corrected chi connectivity index (χ1v) is 10.2. The molecule has 3 aromatic rings. The molecule has 0 unspecified atom stereocenters. The summed E-state index contributed by atoms with van der Waals surface area (Å²) in [7, 11) is 0. The highest BCUT2D eigenvalue weighted by atomic mass is 19.3. The van der Waals surface area contributed by atoms with Gasteiger partial charge in [-0.25, -0.2) is 17.6 Å². The first-order chi connectivity index (χ1) is 15.0. The van der Waals surface area contributed by atoms with Crippen LogP contribution in [0.15, 0.2) is 73.0 Å². The number of rotatable bonds is 9. The summed E-state index contributed by atoms with van der Waals surface area (Å²) in [4.78, 5) is 0. The van der Waals surface area contributed by atoms with Gasteiger partial charge in [0.05, 0.1) is 6.26 Å². The van der Waals surface area contributed by atoms with Crippen molar-refractivity contribution in [3.63, 3.8) is 0 Å². The fourth-order valence-corrected chi connectivity index (χ4v) is 3.34. The van der Waals surface area contributed by atoms with Crippen LogP contribution in [0.2, 0.25) is 0 Å². The fourth-order valence-electron chi connectivity index (χ4n) is 3.34. The van der Waals surface area contributed by atoms with Crippen molar-refractivity contribution >= 4 is 0 Å². The summed E-state index contributed by atoms with van der Waals surface area (Å²) in [6.45, 7) is 2.16. The summed E-state index contributed by atoms with van der Waals surface area (Å²) in [6, 6.07) is 19.0. The molecule has 0 aromatic heterocycles. The minimum Gasteiger partial charge on any atom is -0.459 e. The number of ether oxygens (including phenoxy) is 1. The molecule has 162 valence electrons. The Balaban J connectivity index is 1.62. The molecule has 0 saturated carbocycles. The second kappa shape index (κ2) is 10.8. The van der Waals surface area contributed by atoms with Crippen LogP contribution in [0.25, 0.3) is 11.1 Å². The van der Waals surface area contributed by atoms with Gasteiger partial charge in [0.1, 0.15) is 0 Å². The average Bonchev–Trinajstić information content (AvgIpc) is 2.75. The van der Waals surface area contributed by atoms with Gasteiger partial charge in [-0.2, -0.15) is 0 Å². The van der Waals surface area contributed by atoms with Crippen LogP contribution in [0.3, 0.4) is 0 Å². The highest BCUT2D eigenvalue weighted by Crippen LogP contribution is 2.25. The van der Waals surface area contributed by atoms with E-state index in [1.54, 1.807) is 0 Å². The lowest BCUT2D eigenvalue weighted by atomic mass is 9.99. The molecule has 0 saturated heterocycles. The van der Waals surface area contributed by atoms with Crippen LogP contribution >= 0.6 is 0 Å². The monoisotopic (exact) mass is 428 g/mol. The zero-order valence-corrected chi connectivity index (χ0v) is 17.3. The van der Waals surface area contributed by atoms with Crippen molar-refractivity contribution in [3.8, 4) is 16.9 Å². The quantitative estimate of drug-likeness (QED) is 0.253. The van der Waals surface area contributed by atoms with Gasteiger partial charge in [-0.05, 0) is 59.2 Å². The van der Waals surface area contributed by atoms with Crippen LogP contribution in [0.5, 0.6) is 5.75 Å². The Bertz CT molecular complexity index is 986. The van der Waals surface area contributed by atoms with Crippen LogP contribution in [0.1, 0.15) is 30.0 Å². The number of hydrogen-bond donors (Lipinski definition) is 0. The molecule has 3 aromatic carbocycles. The van der Waals surface area contributed by atoms with Crippen LogP contribution in [0, 0.1) is 11.6 Å². The smallest absolute Gasteiger partial charge is 0.260 e. The Morgan fingerprint density at radius 2 is 1.23 bits per heavy atom. The number of hydrogen-bond acceptors (Lipinski definition) is 1. The van der Waals surface area contributed by atoms with Gasteiger partial charge >= 0.3 is 0 Å². The van der Waals surface area contributed by atoms with E-state index in [1.165, 1.54) is 17.7 Å². The lowest BCUT2D eigenvalue weighted by molar-refractivity contribution is 0.200. The van der Waals surface area contributed by atoms with Gasteiger partial charge in [0.15, 0.2) is 17.4 Å². The molecule has 3 rings (SSSR count). The van der Waals surface area contributed by atoms with Crippen molar-refractivity contribution in [2.75, 3.05) is 0 Å². The highest BCUT2D eigenvalue weighted by Gasteiger charge is 2.12. The van der Waals surface area contributed by atoms with Crippen LogP contribution in [-0.4, -0.2) is 6.43 Å². The Kier molecular flexibility index (Phi) is 7.88. The average molecular weight is 428 g/mol. The lowest BCUT2D eigenvalue weighted by Crippen LogP contribution is -1.98. The molecule has 0 N–H and O–H groups in total. The van der Waals surface area contributed by atoms with Gasteiger partial charge in [-0.1, -0.05) is 61.9 Å². The molecule has 5 heteroatoms. The summed E-state index contributed by atoms with van der Waals surface area (Å²) in [5.74, 6) is -2.53. The van der Waals surface area contributed by atoms with Crippen molar-refractivity contribution in [2.45, 2.75) is 39.0 Å². The maximum atomic E-state index is 14.1. The van der Waals surface area contributed by atoms with Crippen molar-refractivity contribution in [2.24, 2.45) is 0 Å². The molecule has 0 heterocycles. The molecule has 0 aliphatic carbocycles. The number of benzene rings is 3. The minimum absolute atomic E-state index is 0.413. The van der Waals surface area contributed by atoms with Crippen LogP contribution in [0.4, 0.5) is 17.6 Å². The third-order valence-corrected chi connectivity index (χ3v) is 4.95. The van der Waals surface area contributed by atoms with Crippen molar-refractivity contribution in [3.05, 3.63) is 101 Å². The first kappa shape index (κ1) is 22.6. The Labute approximate surface area is 180 Å². The van der Waals surface area contributed by atoms with Crippen molar-refractivity contribution in [1.29, 1.82) is 0 Å². The third kappa shape index (κ3) is 6.45. The highest BCUT2D eigenvalue weighted by molar-refractivity contribution is 5.64. The molecule has 0 aliphatic rings. The van der Waals surface area contributed by atoms with Crippen molar-refractivity contribution in [1.82, 2.24) is 0 Å². The van der Waals surface area contributed by atoms with Gasteiger partial charge in [0.25, 0.3) is 6.43 Å². The standard InChI is InChI=1S/C26H24F4O/c1-2-3-18-6-10-21(11-7-18)22-12-8-19(9-13-22)4-5-20-16-23(27)26(24(28)17-20)31-15-14-25(29)30/h6-17,25H,2-5H2,1H3/b15-14+. The SMILES string of the molecule is CCCc1ccc(-c2ccc(CCc3cc(F)c(O/C=C/C(F)F)c(F)c3)cc2)cc1. The molecule has 0 fully saturated rings. The third-order valence-electron chi connectivity index (χ3n) is 4.95. The zero-order valence-electron chi connectivity index (χ0n) is 17.3.